The molecule has 0 bridgehead atoms. The van der Waals surface area contributed by atoms with Crippen molar-refractivity contribution in [2.75, 3.05) is 6.61 Å². The van der Waals surface area contributed by atoms with Crippen molar-refractivity contribution in [1.82, 2.24) is 0 Å². The third-order valence-electron chi connectivity index (χ3n) is 2.23. The van der Waals surface area contributed by atoms with Crippen molar-refractivity contribution < 1.29 is 13.5 Å². The molecule has 1 nitrogen and oxygen atoms in total. The van der Waals surface area contributed by atoms with Crippen LogP contribution in [0, 0.1) is 5.41 Å². The lowest BCUT2D eigenvalue weighted by Crippen LogP contribution is -2.25. The fourth-order valence-electron chi connectivity index (χ4n) is 0.855. The van der Waals surface area contributed by atoms with Gasteiger partial charge in [-0.1, -0.05) is 20.8 Å². The molecule has 86 valence electrons. The number of ether oxygens (including phenoxy) is 1. The molecule has 14 heavy (non-hydrogen) atoms. The van der Waals surface area contributed by atoms with E-state index in [-0.39, 0.29) is 5.41 Å². The number of halogens is 3. The topological polar surface area (TPSA) is 9.23 Å². The molecular formula is C10H19ClF2O. The van der Waals surface area contributed by atoms with Gasteiger partial charge in [0.15, 0.2) is 0 Å². The van der Waals surface area contributed by atoms with Crippen LogP contribution in [0.3, 0.4) is 0 Å². The van der Waals surface area contributed by atoms with Gasteiger partial charge in [0, 0.05) is 0 Å². The second kappa shape index (κ2) is 5.26. The quantitative estimate of drug-likeness (QED) is 0.624. The molecule has 0 aliphatic carbocycles. The van der Waals surface area contributed by atoms with Gasteiger partial charge >= 0.3 is 5.38 Å². The number of alkyl halides is 3. The van der Waals surface area contributed by atoms with Crippen LogP contribution in [0.4, 0.5) is 8.78 Å². The highest BCUT2D eigenvalue weighted by molar-refractivity contribution is 6.21. The van der Waals surface area contributed by atoms with Crippen LogP contribution in [-0.2, 0) is 4.74 Å². The average molecular weight is 229 g/mol. The van der Waals surface area contributed by atoms with E-state index in [1.54, 1.807) is 6.92 Å². The minimum atomic E-state index is -3.16. The zero-order valence-corrected chi connectivity index (χ0v) is 10.00. The van der Waals surface area contributed by atoms with Crippen LogP contribution in [0.1, 0.15) is 40.5 Å². The van der Waals surface area contributed by atoms with Crippen molar-refractivity contribution >= 4 is 11.6 Å². The van der Waals surface area contributed by atoms with Gasteiger partial charge in [-0.15, -0.1) is 0 Å². The highest BCUT2D eigenvalue weighted by Gasteiger charge is 2.28. The third-order valence-corrected chi connectivity index (χ3v) is 2.39. The van der Waals surface area contributed by atoms with Gasteiger partial charge < -0.3 is 4.74 Å². The molecule has 0 saturated carbocycles. The second-order valence-corrected chi connectivity index (χ2v) is 5.01. The van der Waals surface area contributed by atoms with E-state index in [4.69, 9.17) is 16.3 Å². The van der Waals surface area contributed by atoms with Crippen LogP contribution in [0.2, 0.25) is 0 Å². The Bertz CT molecular complexity index is 166. The van der Waals surface area contributed by atoms with E-state index in [2.05, 4.69) is 0 Å². The summed E-state index contributed by atoms with van der Waals surface area (Å²) in [7, 11) is 0. The van der Waals surface area contributed by atoms with E-state index in [1.807, 2.05) is 20.8 Å². The Morgan fingerprint density at radius 2 is 1.86 bits per heavy atom. The maximum absolute atomic E-state index is 12.4. The maximum Gasteiger partial charge on any atom is 0.324 e. The van der Waals surface area contributed by atoms with Crippen molar-refractivity contribution in [3.8, 4) is 0 Å². The normalized spacial score (nSPS) is 15.6. The molecule has 0 aromatic carbocycles. The SMILES string of the molecule is CCC(C)(C)COC(C)CC(F)(F)Cl. The van der Waals surface area contributed by atoms with Crippen LogP contribution in [0.15, 0.2) is 0 Å². The molecular weight excluding hydrogens is 210 g/mol. The summed E-state index contributed by atoms with van der Waals surface area (Å²) in [5.74, 6) is 0. The first-order chi connectivity index (χ1) is 6.16. The van der Waals surface area contributed by atoms with E-state index in [1.165, 1.54) is 0 Å². The summed E-state index contributed by atoms with van der Waals surface area (Å²) in [6, 6.07) is 0. The lowest BCUT2D eigenvalue weighted by Gasteiger charge is -2.25. The monoisotopic (exact) mass is 228 g/mol. The fourth-order valence-corrected chi connectivity index (χ4v) is 1.07. The molecule has 0 heterocycles. The van der Waals surface area contributed by atoms with Crippen molar-refractivity contribution in [3.05, 3.63) is 0 Å². The summed E-state index contributed by atoms with van der Waals surface area (Å²) >= 11 is 4.80. The Labute approximate surface area is 89.8 Å². The van der Waals surface area contributed by atoms with Crippen LogP contribution in [-0.4, -0.2) is 18.1 Å². The third kappa shape index (κ3) is 7.51. The van der Waals surface area contributed by atoms with Gasteiger partial charge in [-0.05, 0) is 30.4 Å². The average Bonchev–Trinajstić information content (AvgIpc) is 1.98. The number of hydrogen-bond acceptors (Lipinski definition) is 1. The summed E-state index contributed by atoms with van der Waals surface area (Å²) in [5.41, 5.74) is 0.0376. The van der Waals surface area contributed by atoms with Gasteiger partial charge in [0.2, 0.25) is 0 Å². The van der Waals surface area contributed by atoms with Gasteiger partial charge in [-0.25, -0.2) is 0 Å². The summed E-state index contributed by atoms with van der Waals surface area (Å²) < 4.78 is 30.0. The van der Waals surface area contributed by atoms with Gasteiger partial charge in [-0.2, -0.15) is 8.78 Å². The second-order valence-electron chi connectivity index (χ2n) is 4.46. The molecule has 1 atom stereocenters. The number of rotatable bonds is 6. The smallest absolute Gasteiger partial charge is 0.324 e. The largest absolute Gasteiger partial charge is 0.378 e. The summed E-state index contributed by atoms with van der Waals surface area (Å²) in [5, 5.41) is -3.16. The van der Waals surface area contributed by atoms with Crippen LogP contribution < -0.4 is 0 Å². The molecule has 0 spiro atoms. The lowest BCUT2D eigenvalue weighted by molar-refractivity contribution is -0.0340. The van der Waals surface area contributed by atoms with E-state index in [0.29, 0.717) is 6.61 Å². The molecule has 0 rings (SSSR count). The Kier molecular flexibility index (Phi) is 5.31. The van der Waals surface area contributed by atoms with Crippen molar-refractivity contribution in [2.45, 2.75) is 52.0 Å². The first-order valence-corrected chi connectivity index (χ1v) is 5.22. The summed E-state index contributed by atoms with van der Waals surface area (Å²) in [6.45, 7) is 8.22. The van der Waals surface area contributed by atoms with Gasteiger partial charge in [0.05, 0.1) is 19.1 Å². The minimum absolute atomic E-state index is 0.0376. The highest BCUT2D eigenvalue weighted by Crippen LogP contribution is 2.27. The minimum Gasteiger partial charge on any atom is -0.378 e. The van der Waals surface area contributed by atoms with Crippen molar-refractivity contribution in [2.24, 2.45) is 5.41 Å². The standard InChI is InChI=1S/C10H19ClF2O/c1-5-9(3,4)7-14-8(2)6-10(11,12)13/h8H,5-7H2,1-4H3. The molecule has 4 heteroatoms. The fraction of sp³-hybridized carbons (Fsp3) is 1.00. The maximum atomic E-state index is 12.4. The first-order valence-electron chi connectivity index (χ1n) is 4.84. The Hall–Kier alpha value is 0.110. The van der Waals surface area contributed by atoms with Gasteiger partial charge in [-0.3, -0.25) is 0 Å². The van der Waals surface area contributed by atoms with Crippen LogP contribution in [0.25, 0.3) is 0 Å². The molecule has 0 aliphatic heterocycles. The van der Waals surface area contributed by atoms with Crippen molar-refractivity contribution in [3.63, 3.8) is 0 Å². The molecule has 0 saturated heterocycles. The molecule has 0 fully saturated rings. The van der Waals surface area contributed by atoms with Crippen LogP contribution >= 0.6 is 11.6 Å². The molecule has 0 amide bonds. The Morgan fingerprint density at radius 1 is 1.36 bits per heavy atom. The lowest BCUT2D eigenvalue weighted by atomic mass is 9.92. The van der Waals surface area contributed by atoms with E-state index in [9.17, 15) is 8.78 Å². The molecule has 0 radical (unpaired) electrons. The van der Waals surface area contributed by atoms with Gasteiger partial charge in [0.1, 0.15) is 0 Å². The summed E-state index contributed by atoms with van der Waals surface area (Å²) in [6.07, 6.45) is 0.0130. The highest BCUT2D eigenvalue weighted by atomic mass is 35.5. The Morgan fingerprint density at radius 3 is 2.21 bits per heavy atom. The van der Waals surface area contributed by atoms with Gasteiger partial charge in [0.25, 0.3) is 0 Å². The van der Waals surface area contributed by atoms with Crippen molar-refractivity contribution in [1.29, 1.82) is 0 Å². The predicted molar refractivity (Wildman–Crippen MR) is 54.9 cm³/mol. The predicted octanol–water partition coefficient (Wildman–Crippen LogP) is 4.05. The molecule has 1 unspecified atom stereocenters. The van der Waals surface area contributed by atoms with E-state index >= 15 is 0 Å². The van der Waals surface area contributed by atoms with Crippen LogP contribution in [0.5, 0.6) is 0 Å². The Balaban J connectivity index is 3.80. The van der Waals surface area contributed by atoms with E-state index < -0.39 is 17.9 Å². The first kappa shape index (κ1) is 14.1. The van der Waals surface area contributed by atoms with E-state index in [0.717, 1.165) is 6.42 Å². The molecule has 0 aromatic rings. The zero-order chi connectivity index (χ0) is 11.4. The number of hydrogen-bond donors (Lipinski definition) is 0. The molecule has 0 N–H and O–H groups in total. The summed E-state index contributed by atoms with van der Waals surface area (Å²) in [4.78, 5) is 0. The molecule has 0 aromatic heterocycles. The molecule has 0 aliphatic rings. The zero-order valence-electron chi connectivity index (χ0n) is 9.24.